The van der Waals surface area contributed by atoms with E-state index in [4.69, 9.17) is 5.11 Å². The number of imidazole rings is 1. The number of hydrogen-bond donors (Lipinski definition) is 2. The molecule has 1 aromatic heterocycles. The molecule has 0 aliphatic heterocycles. The Bertz CT molecular complexity index is 368. The Morgan fingerprint density at radius 1 is 1.64 bits per heavy atom. The standard InChI is InChI=1S/C10H14N2O2/c1-5(2)9-11-7-4-3-6(10(13)14)8(7)12-9/h5-6H,3-4H2,1-2H3,(H,11,12)(H,13,14). The highest BCUT2D eigenvalue weighted by atomic mass is 16.4. The van der Waals surface area contributed by atoms with E-state index in [2.05, 4.69) is 9.97 Å². The minimum Gasteiger partial charge on any atom is -0.481 e. The number of nitrogens with one attached hydrogen (secondary N) is 1. The van der Waals surface area contributed by atoms with Gasteiger partial charge in [0.15, 0.2) is 0 Å². The van der Waals surface area contributed by atoms with E-state index in [-0.39, 0.29) is 0 Å². The monoisotopic (exact) mass is 194 g/mol. The normalized spacial score (nSPS) is 20.1. The van der Waals surface area contributed by atoms with Crippen LogP contribution in [0.15, 0.2) is 0 Å². The minimum atomic E-state index is -0.759. The second-order valence-electron chi connectivity index (χ2n) is 4.07. The van der Waals surface area contributed by atoms with Crippen molar-refractivity contribution in [3.63, 3.8) is 0 Å². The van der Waals surface area contributed by atoms with Crippen LogP contribution >= 0.6 is 0 Å². The molecule has 2 rings (SSSR count). The Kier molecular flexibility index (Phi) is 2.06. The lowest BCUT2D eigenvalue weighted by atomic mass is 10.1. The molecule has 0 saturated carbocycles. The molecule has 0 bridgehead atoms. The lowest BCUT2D eigenvalue weighted by Gasteiger charge is -2.02. The smallest absolute Gasteiger partial charge is 0.312 e. The maximum atomic E-state index is 10.9. The van der Waals surface area contributed by atoms with E-state index in [1.54, 1.807) is 0 Å². The molecule has 2 N–H and O–H groups in total. The second-order valence-corrected chi connectivity index (χ2v) is 4.07. The van der Waals surface area contributed by atoms with Crippen molar-refractivity contribution in [1.29, 1.82) is 0 Å². The van der Waals surface area contributed by atoms with E-state index in [9.17, 15) is 4.79 Å². The number of aromatic nitrogens is 2. The van der Waals surface area contributed by atoms with E-state index >= 15 is 0 Å². The van der Waals surface area contributed by atoms with Gasteiger partial charge >= 0.3 is 5.97 Å². The van der Waals surface area contributed by atoms with Crippen LogP contribution in [0, 0.1) is 0 Å². The lowest BCUT2D eigenvalue weighted by Crippen LogP contribution is -2.08. The number of nitrogens with zero attached hydrogens (tertiary/aromatic N) is 1. The molecule has 0 spiro atoms. The van der Waals surface area contributed by atoms with Crippen molar-refractivity contribution >= 4 is 5.97 Å². The first-order valence-corrected chi connectivity index (χ1v) is 4.91. The first-order valence-electron chi connectivity index (χ1n) is 4.91. The number of carboxylic acid groups (broad SMARTS) is 1. The van der Waals surface area contributed by atoms with E-state index in [1.165, 1.54) is 0 Å². The third kappa shape index (κ3) is 1.31. The molecule has 1 heterocycles. The van der Waals surface area contributed by atoms with Crippen LogP contribution in [-0.2, 0) is 11.2 Å². The van der Waals surface area contributed by atoms with E-state index in [1.807, 2.05) is 13.8 Å². The third-order valence-corrected chi connectivity index (χ3v) is 2.69. The number of carboxylic acids is 1. The van der Waals surface area contributed by atoms with Gasteiger partial charge in [-0.1, -0.05) is 13.8 Å². The largest absolute Gasteiger partial charge is 0.481 e. The summed E-state index contributed by atoms with van der Waals surface area (Å²) in [6.45, 7) is 4.09. The molecule has 14 heavy (non-hydrogen) atoms. The van der Waals surface area contributed by atoms with Crippen molar-refractivity contribution in [2.45, 2.75) is 38.5 Å². The van der Waals surface area contributed by atoms with Crippen molar-refractivity contribution in [3.05, 3.63) is 17.2 Å². The number of aromatic amines is 1. The Balaban J connectivity index is 2.35. The van der Waals surface area contributed by atoms with Crippen LogP contribution in [0.1, 0.15) is 49.3 Å². The zero-order valence-corrected chi connectivity index (χ0v) is 8.37. The van der Waals surface area contributed by atoms with Crippen LogP contribution in [-0.4, -0.2) is 21.0 Å². The molecule has 1 atom stereocenters. The van der Waals surface area contributed by atoms with E-state index in [0.717, 1.165) is 23.6 Å². The molecule has 0 amide bonds. The first-order chi connectivity index (χ1) is 6.59. The zero-order valence-electron chi connectivity index (χ0n) is 8.37. The lowest BCUT2D eigenvalue weighted by molar-refractivity contribution is -0.138. The number of carbonyl (C=O) groups is 1. The van der Waals surface area contributed by atoms with Crippen molar-refractivity contribution in [1.82, 2.24) is 9.97 Å². The van der Waals surface area contributed by atoms with Gasteiger partial charge in [0.25, 0.3) is 0 Å². The number of rotatable bonds is 2. The van der Waals surface area contributed by atoms with Crippen LogP contribution in [0.3, 0.4) is 0 Å². The van der Waals surface area contributed by atoms with Gasteiger partial charge in [0.05, 0.1) is 5.69 Å². The second kappa shape index (κ2) is 3.12. The summed E-state index contributed by atoms with van der Waals surface area (Å²) in [4.78, 5) is 18.4. The molecule has 0 radical (unpaired) electrons. The Labute approximate surface area is 82.4 Å². The summed E-state index contributed by atoms with van der Waals surface area (Å²) < 4.78 is 0. The van der Waals surface area contributed by atoms with Crippen molar-refractivity contribution < 1.29 is 9.90 Å². The van der Waals surface area contributed by atoms with Gasteiger partial charge in [-0.3, -0.25) is 4.79 Å². The van der Waals surface area contributed by atoms with Crippen LogP contribution in [0.25, 0.3) is 0 Å². The number of fused-ring (bicyclic) bond motifs is 1. The van der Waals surface area contributed by atoms with Gasteiger partial charge in [-0.25, -0.2) is 4.98 Å². The summed E-state index contributed by atoms with van der Waals surface area (Å²) in [5.41, 5.74) is 1.77. The van der Waals surface area contributed by atoms with Gasteiger partial charge in [0.2, 0.25) is 0 Å². The van der Waals surface area contributed by atoms with Crippen molar-refractivity contribution in [2.24, 2.45) is 0 Å². The summed E-state index contributed by atoms with van der Waals surface area (Å²) in [5.74, 6) is 0.0790. The number of aliphatic carboxylic acids is 1. The molecule has 76 valence electrons. The van der Waals surface area contributed by atoms with Crippen LogP contribution < -0.4 is 0 Å². The summed E-state index contributed by atoms with van der Waals surface area (Å²) in [5, 5.41) is 8.95. The third-order valence-electron chi connectivity index (χ3n) is 2.69. The molecule has 0 saturated heterocycles. The zero-order chi connectivity index (χ0) is 10.3. The fraction of sp³-hybridized carbons (Fsp3) is 0.600. The summed E-state index contributed by atoms with van der Waals surface area (Å²) in [7, 11) is 0. The van der Waals surface area contributed by atoms with Gasteiger partial charge in [-0.15, -0.1) is 0 Å². The fourth-order valence-corrected chi connectivity index (χ4v) is 1.86. The molecule has 1 aliphatic carbocycles. The van der Waals surface area contributed by atoms with Gasteiger partial charge in [0.1, 0.15) is 11.7 Å². The highest BCUT2D eigenvalue weighted by molar-refractivity contribution is 5.76. The average molecular weight is 194 g/mol. The quantitative estimate of drug-likeness (QED) is 0.752. The first kappa shape index (κ1) is 9.24. The highest BCUT2D eigenvalue weighted by Crippen LogP contribution is 2.32. The maximum Gasteiger partial charge on any atom is 0.312 e. The predicted octanol–water partition coefficient (Wildman–Crippen LogP) is 1.65. The maximum absolute atomic E-state index is 10.9. The van der Waals surface area contributed by atoms with E-state index < -0.39 is 11.9 Å². The van der Waals surface area contributed by atoms with Crippen molar-refractivity contribution in [3.8, 4) is 0 Å². The summed E-state index contributed by atoms with van der Waals surface area (Å²) in [6.07, 6.45) is 1.49. The van der Waals surface area contributed by atoms with Crippen LogP contribution in [0.4, 0.5) is 0 Å². The molecular weight excluding hydrogens is 180 g/mol. The molecule has 1 aromatic rings. The molecule has 4 heteroatoms. The Hall–Kier alpha value is -1.32. The molecule has 0 fully saturated rings. The molecule has 1 aliphatic rings. The number of hydrogen-bond acceptors (Lipinski definition) is 2. The van der Waals surface area contributed by atoms with Crippen LogP contribution in [0.5, 0.6) is 0 Å². The van der Waals surface area contributed by atoms with Gasteiger partial charge in [-0.05, 0) is 12.8 Å². The van der Waals surface area contributed by atoms with Gasteiger partial charge in [-0.2, -0.15) is 0 Å². The molecular formula is C10H14N2O2. The van der Waals surface area contributed by atoms with Crippen LogP contribution in [0.2, 0.25) is 0 Å². The topological polar surface area (TPSA) is 66.0 Å². The molecule has 1 unspecified atom stereocenters. The average Bonchev–Trinajstić information content (AvgIpc) is 2.58. The highest BCUT2D eigenvalue weighted by Gasteiger charge is 2.32. The Morgan fingerprint density at radius 2 is 2.36 bits per heavy atom. The van der Waals surface area contributed by atoms with Gasteiger partial charge in [0, 0.05) is 11.6 Å². The number of H-pyrrole nitrogens is 1. The fourth-order valence-electron chi connectivity index (χ4n) is 1.86. The van der Waals surface area contributed by atoms with Gasteiger partial charge < -0.3 is 10.1 Å². The molecule has 0 aromatic carbocycles. The minimum absolute atomic E-state index is 0.329. The number of aryl methyl sites for hydroxylation is 1. The predicted molar refractivity (Wildman–Crippen MR) is 51.4 cm³/mol. The SMILES string of the molecule is CC(C)c1nc2c([nH]1)CCC2C(=O)O. The van der Waals surface area contributed by atoms with E-state index in [0.29, 0.717) is 12.3 Å². The summed E-state index contributed by atoms with van der Waals surface area (Å²) >= 11 is 0. The van der Waals surface area contributed by atoms with Crippen molar-refractivity contribution in [2.75, 3.05) is 0 Å². The molecule has 4 nitrogen and oxygen atoms in total. The summed E-state index contributed by atoms with van der Waals surface area (Å²) in [6, 6.07) is 0. The Morgan fingerprint density at radius 3 is 2.93 bits per heavy atom.